The number of hydrogen-bond donors (Lipinski definition) is 2. The van der Waals surface area contributed by atoms with Crippen LogP contribution in [-0.2, 0) is 10.0 Å². The van der Waals surface area contributed by atoms with E-state index in [0.717, 1.165) is 15.8 Å². The number of halogens is 1. The monoisotopic (exact) mass is 402 g/mol. The summed E-state index contributed by atoms with van der Waals surface area (Å²) in [4.78, 5) is 0.220. The van der Waals surface area contributed by atoms with Gasteiger partial charge in [0.15, 0.2) is 0 Å². The molecule has 0 aliphatic heterocycles. The summed E-state index contributed by atoms with van der Waals surface area (Å²) in [6.07, 6.45) is 0. The van der Waals surface area contributed by atoms with Gasteiger partial charge in [-0.25, -0.2) is 8.42 Å². The first kappa shape index (κ1) is 16.5. The van der Waals surface area contributed by atoms with Crippen molar-refractivity contribution in [3.8, 4) is 0 Å². The molecular formula is C18H15BrN2O2S. The van der Waals surface area contributed by atoms with Crippen LogP contribution >= 0.6 is 15.9 Å². The Kier molecular flexibility index (Phi) is 4.87. The van der Waals surface area contributed by atoms with E-state index in [9.17, 15) is 8.42 Å². The molecule has 0 spiro atoms. The van der Waals surface area contributed by atoms with Crippen molar-refractivity contribution in [1.29, 1.82) is 0 Å². The predicted octanol–water partition coefficient (Wildman–Crippen LogP) is 4.99. The molecule has 122 valence electrons. The van der Waals surface area contributed by atoms with Gasteiger partial charge in [-0.05, 0) is 60.7 Å². The molecule has 0 aromatic heterocycles. The SMILES string of the molecule is O=S(=O)(Nc1ccc(Nc2ccccc2)cc1)c1ccc(Br)cc1. The molecule has 2 N–H and O–H groups in total. The summed E-state index contributed by atoms with van der Waals surface area (Å²) in [6, 6.07) is 23.4. The van der Waals surface area contributed by atoms with Gasteiger partial charge in [0, 0.05) is 21.5 Å². The van der Waals surface area contributed by atoms with E-state index in [4.69, 9.17) is 0 Å². The Morgan fingerprint density at radius 3 is 1.83 bits per heavy atom. The lowest BCUT2D eigenvalue weighted by atomic mass is 10.2. The highest BCUT2D eigenvalue weighted by Gasteiger charge is 2.13. The van der Waals surface area contributed by atoms with Crippen LogP contribution in [0.2, 0.25) is 0 Å². The van der Waals surface area contributed by atoms with Crippen LogP contribution in [-0.4, -0.2) is 8.42 Å². The fraction of sp³-hybridized carbons (Fsp3) is 0. The predicted molar refractivity (Wildman–Crippen MR) is 101 cm³/mol. The zero-order valence-corrected chi connectivity index (χ0v) is 15.0. The number of anilines is 3. The first-order chi connectivity index (χ1) is 11.5. The summed E-state index contributed by atoms with van der Waals surface area (Å²) in [5.41, 5.74) is 2.37. The normalized spacial score (nSPS) is 11.0. The Labute approximate surface area is 149 Å². The van der Waals surface area contributed by atoms with Crippen molar-refractivity contribution in [2.24, 2.45) is 0 Å². The van der Waals surface area contributed by atoms with Gasteiger partial charge in [-0.1, -0.05) is 34.1 Å². The maximum absolute atomic E-state index is 12.3. The Balaban J connectivity index is 1.73. The van der Waals surface area contributed by atoms with Crippen molar-refractivity contribution < 1.29 is 8.42 Å². The van der Waals surface area contributed by atoms with Crippen molar-refractivity contribution in [1.82, 2.24) is 0 Å². The highest BCUT2D eigenvalue weighted by Crippen LogP contribution is 2.21. The van der Waals surface area contributed by atoms with Gasteiger partial charge in [0.1, 0.15) is 0 Å². The second-order valence-corrected chi connectivity index (χ2v) is 7.73. The molecule has 24 heavy (non-hydrogen) atoms. The summed E-state index contributed by atoms with van der Waals surface area (Å²) >= 11 is 3.29. The standard InChI is InChI=1S/C18H15BrN2O2S/c19-14-6-12-18(13-7-14)24(22,23)21-17-10-8-16(9-11-17)20-15-4-2-1-3-5-15/h1-13,20-21H. The summed E-state index contributed by atoms with van der Waals surface area (Å²) in [7, 11) is -3.59. The summed E-state index contributed by atoms with van der Waals surface area (Å²) < 4.78 is 28.1. The van der Waals surface area contributed by atoms with E-state index in [1.165, 1.54) is 0 Å². The molecule has 0 saturated heterocycles. The minimum atomic E-state index is -3.59. The van der Waals surface area contributed by atoms with E-state index in [2.05, 4.69) is 26.0 Å². The third kappa shape index (κ3) is 4.15. The van der Waals surface area contributed by atoms with Crippen LogP contribution in [0.15, 0.2) is 88.2 Å². The van der Waals surface area contributed by atoms with Crippen LogP contribution in [0.25, 0.3) is 0 Å². The van der Waals surface area contributed by atoms with Crippen LogP contribution in [0.4, 0.5) is 17.1 Å². The number of sulfonamides is 1. The topological polar surface area (TPSA) is 58.2 Å². The van der Waals surface area contributed by atoms with Crippen LogP contribution in [0.3, 0.4) is 0 Å². The van der Waals surface area contributed by atoms with Crippen LogP contribution in [0.1, 0.15) is 0 Å². The molecule has 0 unspecified atom stereocenters. The fourth-order valence-corrected chi connectivity index (χ4v) is 3.46. The van der Waals surface area contributed by atoms with Crippen molar-refractivity contribution >= 4 is 43.0 Å². The zero-order valence-electron chi connectivity index (χ0n) is 12.6. The molecule has 0 aliphatic carbocycles. The molecule has 0 saturated carbocycles. The fourth-order valence-electron chi connectivity index (χ4n) is 2.14. The van der Waals surface area contributed by atoms with Crippen molar-refractivity contribution in [2.75, 3.05) is 10.0 Å². The number of nitrogens with one attached hydrogen (secondary N) is 2. The second kappa shape index (κ2) is 7.07. The van der Waals surface area contributed by atoms with E-state index in [1.54, 1.807) is 36.4 Å². The van der Waals surface area contributed by atoms with Crippen molar-refractivity contribution in [3.63, 3.8) is 0 Å². The highest BCUT2D eigenvalue weighted by molar-refractivity contribution is 9.10. The van der Waals surface area contributed by atoms with Gasteiger partial charge in [-0.3, -0.25) is 4.72 Å². The summed E-state index contributed by atoms with van der Waals surface area (Å²) in [5.74, 6) is 0. The van der Waals surface area contributed by atoms with Gasteiger partial charge >= 0.3 is 0 Å². The van der Waals surface area contributed by atoms with Gasteiger partial charge in [-0.15, -0.1) is 0 Å². The van der Waals surface area contributed by atoms with Gasteiger partial charge in [-0.2, -0.15) is 0 Å². The lowest BCUT2D eigenvalue weighted by Gasteiger charge is -2.10. The molecule has 6 heteroatoms. The number of para-hydroxylation sites is 1. The maximum atomic E-state index is 12.3. The number of hydrogen-bond acceptors (Lipinski definition) is 3. The molecular weight excluding hydrogens is 388 g/mol. The average molecular weight is 403 g/mol. The Morgan fingerprint density at radius 2 is 1.21 bits per heavy atom. The van der Waals surface area contributed by atoms with Crippen LogP contribution < -0.4 is 10.0 Å². The van der Waals surface area contributed by atoms with E-state index >= 15 is 0 Å². The second-order valence-electron chi connectivity index (χ2n) is 5.13. The summed E-state index contributed by atoms with van der Waals surface area (Å²) in [6.45, 7) is 0. The molecule has 4 nitrogen and oxygen atoms in total. The highest BCUT2D eigenvalue weighted by atomic mass is 79.9. The van der Waals surface area contributed by atoms with Gasteiger partial charge in [0.05, 0.1) is 4.90 Å². The Morgan fingerprint density at radius 1 is 0.667 bits per heavy atom. The third-order valence-electron chi connectivity index (χ3n) is 3.32. The molecule has 3 aromatic carbocycles. The molecule has 0 atom stereocenters. The Hall–Kier alpha value is -2.31. The molecule has 0 fully saturated rings. The molecule has 0 amide bonds. The lowest BCUT2D eigenvalue weighted by molar-refractivity contribution is 0.601. The average Bonchev–Trinajstić information content (AvgIpc) is 2.58. The number of rotatable bonds is 5. The van der Waals surface area contributed by atoms with E-state index in [-0.39, 0.29) is 4.90 Å². The Bertz CT molecular complexity index is 909. The van der Waals surface area contributed by atoms with E-state index < -0.39 is 10.0 Å². The first-order valence-electron chi connectivity index (χ1n) is 7.23. The molecule has 3 rings (SSSR count). The number of benzene rings is 3. The van der Waals surface area contributed by atoms with E-state index in [0.29, 0.717) is 5.69 Å². The first-order valence-corrected chi connectivity index (χ1v) is 9.51. The molecule has 0 bridgehead atoms. The summed E-state index contributed by atoms with van der Waals surface area (Å²) in [5, 5.41) is 3.25. The molecule has 3 aromatic rings. The molecule has 0 aliphatic rings. The molecule has 0 heterocycles. The van der Waals surface area contributed by atoms with Crippen molar-refractivity contribution in [2.45, 2.75) is 4.90 Å². The third-order valence-corrected chi connectivity index (χ3v) is 5.25. The maximum Gasteiger partial charge on any atom is 0.261 e. The molecule has 0 radical (unpaired) electrons. The quantitative estimate of drug-likeness (QED) is 0.631. The van der Waals surface area contributed by atoms with Crippen LogP contribution in [0.5, 0.6) is 0 Å². The van der Waals surface area contributed by atoms with Gasteiger partial charge in [0.2, 0.25) is 0 Å². The van der Waals surface area contributed by atoms with Crippen molar-refractivity contribution in [3.05, 3.63) is 83.3 Å². The lowest BCUT2D eigenvalue weighted by Crippen LogP contribution is -2.12. The minimum Gasteiger partial charge on any atom is -0.356 e. The van der Waals surface area contributed by atoms with Gasteiger partial charge < -0.3 is 5.32 Å². The largest absolute Gasteiger partial charge is 0.356 e. The zero-order chi connectivity index (χ0) is 17.0. The minimum absolute atomic E-state index is 0.220. The van der Waals surface area contributed by atoms with Gasteiger partial charge in [0.25, 0.3) is 10.0 Å². The van der Waals surface area contributed by atoms with E-state index in [1.807, 2.05) is 42.5 Å². The van der Waals surface area contributed by atoms with Crippen LogP contribution in [0, 0.1) is 0 Å². The smallest absolute Gasteiger partial charge is 0.261 e.